The topological polar surface area (TPSA) is 131 Å². The standard InChI is InChI=1S/C26H31N7O3/c1-4-6-9-28-24(27)21-12-19(13-22-23(21)31-25(30-22)32-26(34)35-5-2)18-7-8-20(29-14-18)16-33-10-11-36-17(3)15-33/h4,6-9,12-14,17H,1,5,10-11,15-16H2,2-3H3,(H2,27,28)(H2,30,31,32,34)/b9-6-. The molecule has 36 heavy (non-hydrogen) atoms. The Kier molecular flexibility index (Phi) is 8.09. The van der Waals surface area contributed by atoms with Gasteiger partial charge in [0.2, 0.25) is 5.95 Å². The highest BCUT2D eigenvalue weighted by Crippen LogP contribution is 2.28. The first kappa shape index (κ1) is 25.1. The highest BCUT2D eigenvalue weighted by molar-refractivity contribution is 6.09. The van der Waals surface area contributed by atoms with Gasteiger partial charge in [-0.1, -0.05) is 18.7 Å². The summed E-state index contributed by atoms with van der Waals surface area (Å²) in [6.07, 6.45) is 6.35. The number of hydrogen-bond acceptors (Lipinski definition) is 7. The summed E-state index contributed by atoms with van der Waals surface area (Å²) in [7, 11) is 0. The lowest BCUT2D eigenvalue weighted by molar-refractivity contribution is -0.0215. The highest BCUT2D eigenvalue weighted by atomic mass is 16.5. The Labute approximate surface area is 209 Å². The number of allylic oxidation sites excluding steroid dienone is 2. The second-order valence-corrected chi connectivity index (χ2v) is 8.40. The number of rotatable bonds is 8. The van der Waals surface area contributed by atoms with Crippen LogP contribution in [0, 0.1) is 0 Å². The summed E-state index contributed by atoms with van der Waals surface area (Å²) in [4.78, 5) is 30.8. The normalized spacial score (nSPS) is 16.9. The van der Waals surface area contributed by atoms with Crippen LogP contribution in [0.15, 0.2) is 60.4 Å². The minimum Gasteiger partial charge on any atom is -0.450 e. The van der Waals surface area contributed by atoms with E-state index < -0.39 is 6.09 Å². The minimum atomic E-state index is -0.594. The molecule has 2 aromatic heterocycles. The third-order valence-corrected chi connectivity index (χ3v) is 5.66. The van der Waals surface area contributed by atoms with E-state index in [1.807, 2.05) is 30.5 Å². The molecule has 188 valence electrons. The van der Waals surface area contributed by atoms with Gasteiger partial charge in [0.1, 0.15) is 11.4 Å². The largest absolute Gasteiger partial charge is 0.450 e. The number of carbonyl (C=O) groups excluding carboxylic acids is 1. The number of nitrogens with two attached hydrogens (primary N) is 1. The van der Waals surface area contributed by atoms with Gasteiger partial charge in [-0.05, 0) is 43.7 Å². The zero-order valence-electron chi connectivity index (χ0n) is 20.5. The van der Waals surface area contributed by atoms with E-state index in [4.69, 9.17) is 15.2 Å². The third-order valence-electron chi connectivity index (χ3n) is 5.66. The Hall–Kier alpha value is -4.02. The second kappa shape index (κ2) is 11.6. The number of nitrogens with one attached hydrogen (secondary N) is 2. The number of aromatic nitrogens is 3. The Balaban J connectivity index is 1.66. The van der Waals surface area contributed by atoms with Gasteiger partial charge in [-0.2, -0.15) is 0 Å². The first-order valence-electron chi connectivity index (χ1n) is 11.8. The zero-order valence-corrected chi connectivity index (χ0v) is 20.5. The summed E-state index contributed by atoms with van der Waals surface area (Å²) in [6.45, 7) is 11.0. The average Bonchev–Trinajstić information content (AvgIpc) is 3.26. The molecule has 1 unspecified atom stereocenters. The van der Waals surface area contributed by atoms with Gasteiger partial charge in [-0.3, -0.25) is 15.2 Å². The van der Waals surface area contributed by atoms with E-state index in [1.54, 1.807) is 25.3 Å². The van der Waals surface area contributed by atoms with Gasteiger partial charge in [0, 0.05) is 43.2 Å². The van der Waals surface area contributed by atoms with Crippen molar-refractivity contribution in [1.29, 1.82) is 0 Å². The molecule has 0 saturated carbocycles. The molecule has 1 aromatic carbocycles. The fraction of sp³-hybridized carbons (Fsp3) is 0.308. The van der Waals surface area contributed by atoms with Crippen LogP contribution < -0.4 is 11.1 Å². The van der Waals surface area contributed by atoms with Crippen molar-refractivity contribution in [1.82, 2.24) is 19.9 Å². The summed E-state index contributed by atoms with van der Waals surface area (Å²) in [5.41, 5.74) is 11.0. The van der Waals surface area contributed by atoms with Crippen LogP contribution in [0.3, 0.4) is 0 Å². The van der Waals surface area contributed by atoms with Crippen LogP contribution in [0.5, 0.6) is 0 Å². The van der Waals surface area contributed by atoms with Crippen LogP contribution in [-0.4, -0.2) is 64.2 Å². The number of benzene rings is 1. The van der Waals surface area contributed by atoms with Gasteiger partial charge >= 0.3 is 6.09 Å². The minimum absolute atomic E-state index is 0.231. The molecule has 1 fully saturated rings. The molecule has 0 bridgehead atoms. The molecule has 0 aliphatic carbocycles. The van der Waals surface area contributed by atoms with Gasteiger partial charge in [0.15, 0.2) is 0 Å². The lowest BCUT2D eigenvalue weighted by Crippen LogP contribution is -2.40. The van der Waals surface area contributed by atoms with Crippen LogP contribution in [-0.2, 0) is 16.0 Å². The molecule has 1 atom stereocenters. The number of H-pyrrole nitrogens is 1. The highest BCUT2D eigenvalue weighted by Gasteiger charge is 2.18. The summed E-state index contributed by atoms with van der Waals surface area (Å²) in [5.74, 6) is 0.532. The van der Waals surface area contributed by atoms with Crippen molar-refractivity contribution < 1.29 is 14.3 Å². The number of amides is 1. The number of fused-ring (bicyclic) bond motifs is 1. The maximum atomic E-state index is 11.9. The molecule has 10 nitrogen and oxygen atoms in total. The van der Waals surface area contributed by atoms with Crippen molar-refractivity contribution in [3.05, 3.63) is 66.7 Å². The number of ether oxygens (including phenoxy) is 2. The van der Waals surface area contributed by atoms with Gasteiger partial charge in [-0.15, -0.1) is 0 Å². The molecule has 10 heteroatoms. The number of aliphatic imine (C=N–C) groups is 1. The van der Waals surface area contributed by atoms with Crippen molar-refractivity contribution in [2.24, 2.45) is 10.7 Å². The number of amidine groups is 1. The van der Waals surface area contributed by atoms with Gasteiger partial charge in [0.05, 0.1) is 30.5 Å². The lowest BCUT2D eigenvalue weighted by Gasteiger charge is -2.30. The lowest BCUT2D eigenvalue weighted by atomic mass is 10.0. The molecule has 3 aromatic rings. The van der Waals surface area contributed by atoms with E-state index in [9.17, 15) is 4.79 Å². The van der Waals surface area contributed by atoms with E-state index in [1.165, 1.54) is 0 Å². The van der Waals surface area contributed by atoms with Crippen LogP contribution in [0.2, 0.25) is 0 Å². The molecular weight excluding hydrogens is 458 g/mol. The maximum absolute atomic E-state index is 11.9. The van der Waals surface area contributed by atoms with Crippen LogP contribution in [0.25, 0.3) is 22.2 Å². The number of anilines is 1. The second-order valence-electron chi connectivity index (χ2n) is 8.40. The van der Waals surface area contributed by atoms with E-state index in [0.717, 1.165) is 43.1 Å². The van der Waals surface area contributed by atoms with Gasteiger partial charge < -0.3 is 20.2 Å². The SMILES string of the molecule is C=C/C=C\N=C(N)c1cc(-c2ccc(CN3CCOC(C)C3)nc2)cc2[nH]c(NC(=O)OCC)nc12. The number of pyridine rings is 1. The van der Waals surface area contributed by atoms with E-state index in [0.29, 0.717) is 16.6 Å². The maximum Gasteiger partial charge on any atom is 0.413 e. The van der Waals surface area contributed by atoms with Crippen molar-refractivity contribution in [3.63, 3.8) is 0 Å². The number of imidazole rings is 1. The summed E-state index contributed by atoms with van der Waals surface area (Å²) < 4.78 is 10.6. The first-order valence-corrected chi connectivity index (χ1v) is 11.8. The zero-order chi connectivity index (χ0) is 25.5. The monoisotopic (exact) mass is 489 g/mol. The van der Waals surface area contributed by atoms with E-state index >= 15 is 0 Å². The summed E-state index contributed by atoms with van der Waals surface area (Å²) >= 11 is 0. The Morgan fingerprint density at radius 3 is 3.00 bits per heavy atom. The molecule has 0 radical (unpaired) electrons. The molecule has 1 amide bonds. The Morgan fingerprint density at radius 1 is 1.42 bits per heavy atom. The van der Waals surface area contributed by atoms with Crippen molar-refractivity contribution in [3.8, 4) is 11.1 Å². The number of hydrogen-bond donors (Lipinski definition) is 3. The predicted molar refractivity (Wildman–Crippen MR) is 141 cm³/mol. The fourth-order valence-corrected chi connectivity index (χ4v) is 4.01. The quantitative estimate of drug-likeness (QED) is 0.249. The Morgan fingerprint density at radius 2 is 2.28 bits per heavy atom. The molecule has 3 heterocycles. The fourth-order valence-electron chi connectivity index (χ4n) is 4.01. The molecule has 1 saturated heterocycles. The average molecular weight is 490 g/mol. The molecule has 4 N–H and O–H groups in total. The number of aromatic amines is 1. The van der Waals surface area contributed by atoms with Gasteiger partial charge in [0.25, 0.3) is 0 Å². The van der Waals surface area contributed by atoms with Crippen molar-refractivity contribution in [2.45, 2.75) is 26.5 Å². The molecule has 1 aliphatic rings. The van der Waals surface area contributed by atoms with Crippen LogP contribution >= 0.6 is 0 Å². The van der Waals surface area contributed by atoms with E-state index in [-0.39, 0.29) is 24.5 Å². The van der Waals surface area contributed by atoms with Crippen molar-refractivity contribution >= 4 is 28.9 Å². The molecule has 0 spiro atoms. The predicted octanol–water partition coefficient (Wildman–Crippen LogP) is 3.82. The number of carbonyl (C=O) groups is 1. The first-order chi connectivity index (χ1) is 17.5. The number of morpholine rings is 1. The molecular formula is C26H31N7O3. The molecule has 1 aliphatic heterocycles. The summed E-state index contributed by atoms with van der Waals surface area (Å²) in [6, 6.07) is 7.92. The molecule has 4 rings (SSSR count). The third kappa shape index (κ3) is 6.15. The van der Waals surface area contributed by atoms with Crippen LogP contribution in [0.1, 0.15) is 25.1 Å². The van der Waals surface area contributed by atoms with Crippen molar-refractivity contribution in [2.75, 3.05) is 31.6 Å². The van der Waals surface area contributed by atoms with E-state index in [2.05, 4.69) is 43.7 Å². The van der Waals surface area contributed by atoms with Gasteiger partial charge in [-0.25, -0.2) is 14.8 Å². The smallest absolute Gasteiger partial charge is 0.413 e. The Bertz CT molecular complexity index is 1280. The number of nitrogens with zero attached hydrogens (tertiary/aromatic N) is 4. The van der Waals surface area contributed by atoms with Crippen LogP contribution in [0.4, 0.5) is 10.7 Å². The summed E-state index contributed by atoms with van der Waals surface area (Å²) in [5, 5.41) is 2.60.